The number of amides is 1. The Morgan fingerprint density at radius 2 is 1.92 bits per heavy atom. The highest BCUT2D eigenvalue weighted by Crippen LogP contribution is 2.21. The molecule has 1 aliphatic heterocycles. The number of alkyl halides is 1. The number of nitrogens with zero attached hydrogens (tertiary/aromatic N) is 2. The topological polar surface area (TPSA) is 69.7 Å². The molecule has 0 aliphatic carbocycles. The fraction of sp³-hybridized carbons (Fsp3) is 0.562. The first-order valence-corrected chi connectivity index (χ1v) is 10.2. The van der Waals surface area contributed by atoms with Crippen LogP contribution in [0.25, 0.3) is 0 Å². The van der Waals surface area contributed by atoms with Gasteiger partial charge >= 0.3 is 0 Å². The summed E-state index contributed by atoms with van der Waals surface area (Å²) in [5, 5.41) is 1.95. The van der Waals surface area contributed by atoms with Gasteiger partial charge in [0.1, 0.15) is 11.2 Å². The molecule has 1 aromatic rings. The first-order chi connectivity index (χ1) is 11.8. The molecule has 1 heterocycles. The number of hydrogen-bond acceptors (Lipinski definition) is 4. The largest absolute Gasteiger partial charge is 0.367 e. The number of nitrogens with one attached hydrogen (secondary N) is 1. The highest BCUT2D eigenvalue weighted by atomic mass is 35.5. The molecule has 1 atom stereocenters. The van der Waals surface area contributed by atoms with Gasteiger partial charge in [-0.05, 0) is 25.5 Å². The van der Waals surface area contributed by atoms with Gasteiger partial charge in [0.25, 0.3) is 0 Å². The highest BCUT2D eigenvalue weighted by molar-refractivity contribution is 7.89. The maximum Gasteiger partial charge on any atom is 0.237 e. The SMILES string of the molecule is CC(Cl)C(=O)NCCCS(=O)(=O)N1CCN(c2ccccc2F)CC1. The number of rotatable bonds is 7. The number of carbonyl (C=O) groups excluding carboxylic acids is 1. The molecule has 0 radical (unpaired) electrons. The minimum atomic E-state index is -3.39. The average Bonchev–Trinajstić information content (AvgIpc) is 2.59. The van der Waals surface area contributed by atoms with Crippen molar-refractivity contribution in [2.45, 2.75) is 18.7 Å². The van der Waals surface area contributed by atoms with Crippen molar-refractivity contribution in [3.63, 3.8) is 0 Å². The Bertz CT molecular complexity index is 692. The maximum atomic E-state index is 13.8. The number of para-hydroxylation sites is 1. The Balaban J connectivity index is 1.81. The van der Waals surface area contributed by atoms with E-state index in [4.69, 9.17) is 11.6 Å². The molecule has 1 unspecified atom stereocenters. The number of anilines is 1. The first-order valence-electron chi connectivity index (χ1n) is 8.20. The molecule has 1 aliphatic rings. The number of carbonyl (C=O) groups is 1. The number of hydrogen-bond donors (Lipinski definition) is 1. The van der Waals surface area contributed by atoms with Crippen LogP contribution in [0.2, 0.25) is 0 Å². The molecule has 140 valence electrons. The zero-order valence-electron chi connectivity index (χ0n) is 14.1. The fourth-order valence-corrected chi connectivity index (χ4v) is 4.22. The summed E-state index contributed by atoms with van der Waals surface area (Å²) in [6.45, 7) is 3.36. The number of sulfonamides is 1. The summed E-state index contributed by atoms with van der Waals surface area (Å²) in [6, 6.07) is 6.48. The molecule has 0 aromatic heterocycles. The van der Waals surface area contributed by atoms with E-state index < -0.39 is 15.4 Å². The second-order valence-electron chi connectivity index (χ2n) is 5.91. The average molecular weight is 392 g/mol. The van der Waals surface area contributed by atoms with E-state index >= 15 is 0 Å². The van der Waals surface area contributed by atoms with Crippen molar-refractivity contribution in [3.8, 4) is 0 Å². The fourth-order valence-electron chi connectivity index (χ4n) is 2.65. The molecule has 1 saturated heterocycles. The van der Waals surface area contributed by atoms with Crippen LogP contribution in [0.4, 0.5) is 10.1 Å². The minimum Gasteiger partial charge on any atom is -0.367 e. The lowest BCUT2D eigenvalue weighted by atomic mass is 10.2. The van der Waals surface area contributed by atoms with Gasteiger partial charge in [0, 0.05) is 32.7 Å². The number of piperazine rings is 1. The third-order valence-corrected chi connectivity index (χ3v) is 6.22. The van der Waals surface area contributed by atoms with Crippen LogP contribution in [0.3, 0.4) is 0 Å². The molecule has 1 fully saturated rings. The van der Waals surface area contributed by atoms with Gasteiger partial charge in [-0.1, -0.05) is 12.1 Å². The molecule has 2 rings (SSSR count). The minimum absolute atomic E-state index is 0.0381. The van der Waals surface area contributed by atoms with Crippen molar-refractivity contribution < 1.29 is 17.6 Å². The van der Waals surface area contributed by atoms with Gasteiger partial charge in [-0.15, -0.1) is 11.6 Å². The van der Waals surface area contributed by atoms with E-state index in [2.05, 4.69) is 5.32 Å². The molecule has 1 amide bonds. The molecular weight excluding hydrogens is 369 g/mol. The summed E-state index contributed by atoms with van der Waals surface area (Å²) in [6.07, 6.45) is 0.325. The smallest absolute Gasteiger partial charge is 0.237 e. The Morgan fingerprint density at radius 1 is 1.28 bits per heavy atom. The lowest BCUT2D eigenvalue weighted by molar-refractivity contribution is -0.120. The lowest BCUT2D eigenvalue weighted by Gasteiger charge is -2.35. The van der Waals surface area contributed by atoms with E-state index in [0.29, 0.717) is 38.3 Å². The molecule has 1 N–H and O–H groups in total. The monoisotopic (exact) mass is 391 g/mol. The van der Waals surface area contributed by atoms with Gasteiger partial charge < -0.3 is 10.2 Å². The van der Waals surface area contributed by atoms with E-state index in [1.807, 2.05) is 4.90 Å². The zero-order valence-corrected chi connectivity index (χ0v) is 15.7. The van der Waals surface area contributed by atoms with Crippen LogP contribution in [0.1, 0.15) is 13.3 Å². The summed E-state index contributed by atoms with van der Waals surface area (Å²) < 4.78 is 40.0. The van der Waals surface area contributed by atoms with Crippen molar-refractivity contribution in [2.24, 2.45) is 0 Å². The standard InChI is InChI=1S/C16H23ClFN3O3S/c1-13(17)16(22)19-7-4-12-25(23,24)21-10-8-20(9-11-21)15-6-3-2-5-14(15)18/h2-3,5-6,13H,4,7-12H2,1H3,(H,19,22). The Kier molecular flexibility index (Phi) is 7.04. The van der Waals surface area contributed by atoms with E-state index in [1.165, 1.54) is 10.4 Å². The van der Waals surface area contributed by atoms with Crippen molar-refractivity contribution in [3.05, 3.63) is 30.1 Å². The molecule has 0 spiro atoms. The molecule has 6 nitrogen and oxygen atoms in total. The first kappa shape index (κ1) is 19.9. The van der Waals surface area contributed by atoms with E-state index in [1.54, 1.807) is 25.1 Å². The number of halogens is 2. The van der Waals surface area contributed by atoms with Gasteiger partial charge in [-0.25, -0.2) is 12.8 Å². The Labute approximate surface area is 153 Å². The van der Waals surface area contributed by atoms with Gasteiger partial charge in [-0.2, -0.15) is 4.31 Å². The lowest BCUT2D eigenvalue weighted by Crippen LogP contribution is -2.49. The van der Waals surface area contributed by atoms with Crippen molar-refractivity contribution >= 4 is 33.2 Å². The van der Waals surface area contributed by atoms with Crippen LogP contribution >= 0.6 is 11.6 Å². The zero-order chi connectivity index (χ0) is 18.4. The predicted octanol–water partition coefficient (Wildman–Crippen LogP) is 1.41. The third-order valence-electron chi connectivity index (χ3n) is 4.06. The molecule has 25 heavy (non-hydrogen) atoms. The van der Waals surface area contributed by atoms with Crippen molar-refractivity contribution in [2.75, 3.05) is 43.4 Å². The van der Waals surface area contributed by atoms with Crippen LogP contribution < -0.4 is 10.2 Å². The predicted molar refractivity (Wildman–Crippen MR) is 96.9 cm³/mol. The van der Waals surface area contributed by atoms with Gasteiger partial charge in [0.15, 0.2) is 0 Å². The number of benzene rings is 1. The van der Waals surface area contributed by atoms with Crippen LogP contribution in [0, 0.1) is 5.82 Å². The van der Waals surface area contributed by atoms with E-state index in [-0.39, 0.29) is 24.0 Å². The van der Waals surface area contributed by atoms with Gasteiger partial charge in [0.2, 0.25) is 15.9 Å². The Morgan fingerprint density at radius 3 is 2.52 bits per heavy atom. The summed E-state index contributed by atoms with van der Waals surface area (Å²) >= 11 is 5.62. The van der Waals surface area contributed by atoms with Crippen LogP contribution in [0.15, 0.2) is 24.3 Å². The van der Waals surface area contributed by atoms with Crippen LogP contribution in [-0.4, -0.2) is 62.5 Å². The van der Waals surface area contributed by atoms with Crippen molar-refractivity contribution in [1.82, 2.24) is 9.62 Å². The Hall–Kier alpha value is -1.38. The normalized spacial score (nSPS) is 17.3. The van der Waals surface area contributed by atoms with Crippen molar-refractivity contribution in [1.29, 1.82) is 0 Å². The quantitative estimate of drug-likeness (QED) is 0.563. The van der Waals surface area contributed by atoms with Crippen LogP contribution in [-0.2, 0) is 14.8 Å². The van der Waals surface area contributed by atoms with E-state index in [9.17, 15) is 17.6 Å². The van der Waals surface area contributed by atoms with Gasteiger partial charge in [0.05, 0.1) is 11.4 Å². The summed E-state index contributed by atoms with van der Waals surface area (Å²) in [5.74, 6) is -0.649. The third kappa shape index (κ3) is 5.55. The van der Waals surface area contributed by atoms with E-state index in [0.717, 1.165) is 0 Å². The summed E-state index contributed by atoms with van der Waals surface area (Å²) in [7, 11) is -3.39. The molecule has 0 saturated carbocycles. The summed E-state index contributed by atoms with van der Waals surface area (Å²) in [5.41, 5.74) is 0.498. The molecule has 9 heteroatoms. The molecule has 0 bridgehead atoms. The molecular formula is C16H23ClFN3O3S. The maximum absolute atomic E-state index is 13.8. The summed E-state index contributed by atoms with van der Waals surface area (Å²) in [4.78, 5) is 13.2. The second-order valence-corrected chi connectivity index (χ2v) is 8.66. The van der Waals surface area contributed by atoms with Crippen LogP contribution in [0.5, 0.6) is 0 Å². The highest BCUT2D eigenvalue weighted by Gasteiger charge is 2.27. The molecule has 1 aromatic carbocycles. The second kappa shape index (κ2) is 8.82. The van der Waals surface area contributed by atoms with Gasteiger partial charge in [-0.3, -0.25) is 4.79 Å².